The molecule has 0 aromatic heterocycles. The highest BCUT2D eigenvalue weighted by atomic mass is 79.9. The molecule has 1 heterocycles. The molecule has 3 N–H and O–H groups in total. The van der Waals surface area contributed by atoms with Gasteiger partial charge in [0.2, 0.25) is 0 Å². The van der Waals surface area contributed by atoms with Crippen LogP contribution in [0.3, 0.4) is 0 Å². The van der Waals surface area contributed by atoms with Gasteiger partial charge >= 0.3 is 0 Å². The molecule has 0 spiro atoms. The first-order valence-electron chi connectivity index (χ1n) is 6.72. The van der Waals surface area contributed by atoms with Crippen molar-refractivity contribution < 1.29 is 4.74 Å². The maximum Gasteiger partial charge on any atom is 0.104 e. The van der Waals surface area contributed by atoms with E-state index in [9.17, 15) is 0 Å². The Bertz CT molecular complexity index is 477. The predicted octanol–water partition coefficient (Wildman–Crippen LogP) is 2.22. The van der Waals surface area contributed by atoms with Crippen molar-refractivity contribution >= 4 is 38.8 Å². The maximum atomic E-state index is 5.63. The maximum absolute atomic E-state index is 5.63. The van der Waals surface area contributed by atoms with Crippen LogP contribution in [0.4, 0.5) is 5.69 Å². The van der Waals surface area contributed by atoms with Crippen LogP contribution in [-0.4, -0.2) is 48.8 Å². The summed E-state index contributed by atoms with van der Waals surface area (Å²) >= 11 is 8.54. The number of nitrogens with zero attached hydrogens (tertiary/aromatic N) is 1. The largest absolute Gasteiger partial charge is 0.389 e. The zero-order valence-electron chi connectivity index (χ0n) is 11.6. The van der Waals surface area contributed by atoms with E-state index in [2.05, 4.69) is 33.1 Å². The van der Waals surface area contributed by atoms with Gasteiger partial charge in [-0.3, -0.25) is 4.90 Å². The number of hydrogen-bond donors (Lipinski definition) is 2. The van der Waals surface area contributed by atoms with Gasteiger partial charge in [0.05, 0.1) is 13.2 Å². The van der Waals surface area contributed by atoms with E-state index in [1.165, 1.54) is 0 Å². The predicted molar refractivity (Wildman–Crippen MR) is 90.4 cm³/mol. The minimum absolute atomic E-state index is 0.361. The quantitative estimate of drug-likeness (QED) is 0.791. The van der Waals surface area contributed by atoms with Gasteiger partial charge in [-0.15, -0.1) is 0 Å². The van der Waals surface area contributed by atoms with Gasteiger partial charge in [0.25, 0.3) is 0 Å². The Morgan fingerprint density at radius 1 is 1.50 bits per heavy atom. The lowest BCUT2D eigenvalue weighted by Crippen LogP contribution is -2.42. The molecule has 1 aromatic carbocycles. The Balaban J connectivity index is 1.93. The third-order valence-electron chi connectivity index (χ3n) is 3.29. The van der Waals surface area contributed by atoms with Crippen molar-refractivity contribution in [2.24, 2.45) is 5.73 Å². The van der Waals surface area contributed by atoms with Crippen LogP contribution in [0.5, 0.6) is 0 Å². The average molecular weight is 358 g/mol. The van der Waals surface area contributed by atoms with Crippen LogP contribution in [-0.2, 0) is 4.74 Å². The van der Waals surface area contributed by atoms with Gasteiger partial charge in [-0.25, -0.2) is 0 Å². The van der Waals surface area contributed by atoms with Crippen molar-refractivity contribution in [3.8, 4) is 0 Å². The molecule has 1 aromatic rings. The molecule has 1 atom stereocenters. The lowest BCUT2D eigenvalue weighted by Gasteiger charge is -2.30. The Hall–Kier alpha value is -0.690. The SMILES string of the molecule is CC(CN1CCOCC1)Nc1ccc(C(N)=S)cc1Br. The molecule has 1 aliphatic rings. The van der Waals surface area contributed by atoms with E-state index >= 15 is 0 Å². The van der Waals surface area contributed by atoms with Crippen LogP contribution in [0.15, 0.2) is 22.7 Å². The number of morpholine rings is 1. The fourth-order valence-electron chi connectivity index (χ4n) is 2.27. The van der Waals surface area contributed by atoms with E-state index in [-0.39, 0.29) is 0 Å². The number of benzene rings is 1. The second kappa shape index (κ2) is 7.36. The number of nitrogens with two attached hydrogens (primary N) is 1. The van der Waals surface area contributed by atoms with Crippen LogP contribution in [0.2, 0.25) is 0 Å². The Morgan fingerprint density at radius 3 is 2.80 bits per heavy atom. The van der Waals surface area contributed by atoms with E-state index in [1.54, 1.807) is 0 Å². The minimum Gasteiger partial charge on any atom is -0.389 e. The topological polar surface area (TPSA) is 50.5 Å². The molecule has 1 fully saturated rings. The summed E-state index contributed by atoms with van der Waals surface area (Å²) in [6, 6.07) is 6.26. The summed E-state index contributed by atoms with van der Waals surface area (Å²) in [7, 11) is 0. The molecule has 0 amide bonds. The highest BCUT2D eigenvalue weighted by molar-refractivity contribution is 9.10. The molecule has 1 aliphatic heterocycles. The standard InChI is InChI=1S/C14H20BrN3OS/c1-10(9-18-4-6-19-7-5-18)17-13-3-2-11(14(16)20)8-12(13)15/h2-3,8,10,17H,4-7,9H2,1H3,(H2,16,20). The normalized spacial score (nSPS) is 17.7. The second-order valence-electron chi connectivity index (χ2n) is 5.02. The Morgan fingerprint density at radius 2 is 2.20 bits per heavy atom. The lowest BCUT2D eigenvalue weighted by atomic mass is 10.2. The van der Waals surface area contributed by atoms with Crippen LogP contribution in [0, 0.1) is 0 Å². The molecule has 4 nitrogen and oxygen atoms in total. The molecule has 2 rings (SSSR count). The highest BCUT2D eigenvalue weighted by Gasteiger charge is 2.14. The van der Waals surface area contributed by atoms with Crippen molar-refractivity contribution in [1.82, 2.24) is 4.90 Å². The number of hydrogen-bond acceptors (Lipinski definition) is 4. The smallest absolute Gasteiger partial charge is 0.104 e. The average Bonchev–Trinajstić information content (AvgIpc) is 2.42. The molecular weight excluding hydrogens is 338 g/mol. The number of ether oxygens (including phenoxy) is 1. The van der Waals surface area contributed by atoms with Crippen LogP contribution in [0.1, 0.15) is 12.5 Å². The van der Waals surface area contributed by atoms with Crippen LogP contribution in [0.25, 0.3) is 0 Å². The molecule has 0 aliphatic carbocycles. The summed E-state index contributed by atoms with van der Waals surface area (Å²) in [4.78, 5) is 2.83. The molecular formula is C14H20BrN3OS. The first-order chi connectivity index (χ1) is 9.56. The van der Waals surface area contributed by atoms with Gasteiger partial charge < -0.3 is 15.8 Å². The second-order valence-corrected chi connectivity index (χ2v) is 6.31. The molecule has 110 valence electrons. The number of nitrogens with one attached hydrogen (secondary N) is 1. The Labute approximate surface area is 133 Å². The molecule has 20 heavy (non-hydrogen) atoms. The molecule has 6 heteroatoms. The monoisotopic (exact) mass is 357 g/mol. The minimum atomic E-state index is 0.361. The summed E-state index contributed by atoms with van der Waals surface area (Å²) in [6.07, 6.45) is 0. The van der Waals surface area contributed by atoms with Crippen LogP contribution >= 0.6 is 28.1 Å². The third-order valence-corrected chi connectivity index (χ3v) is 4.18. The summed E-state index contributed by atoms with van der Waals surface area (Å²) < 4.78 is 6.34. The molecule has 1 saturated heterocycles. The van der Waals surface area contributed by atoms with Gasteiger partial charge in [-0.05, 0) is 41.1 Å². The number of rotatable bonds is 5. The van der Waals surface area contributed by atoms with Crippen molar-refractivity contribution in [1.29, 1.82) is 0 Å². The fraction of sp³-hybridized carbons (Fsp3) is 0.500. The number of thiocarbonyl (C=S) groups is 1. The van der Waals surface area contributed by atoms with Crippen molar-refractivity contribution in [2.45, 2.75) is 13.0 Å². The zero-order chi connectivity index (χ0) is 14.5. The third kappa shape index (κ3) is 4.41. The summed E-state index contributed by atoms with van der Waals surface area (Å²) in [5.74, 6) is 0. The lowest BCUT2D eigenvalue weighted by molar-refractivity contribution is 0.0368. The number of halogens is 1. The summed E-state index contributed by atoms with van der Waals surface area (Å²) in [6.45, 7) is 6.87. The fourth-order valence-corrected chi connectivity index (χ4v) is 2.89. The van der Waals surface area contributed by atoms with Gasteiger partial charge in [-0.1, -0.05) is 12.2 Å². The Kier molecular flexibility index (Phi) is 5.77. The first kappa shape index (κ1) is 15.7. The molecule has 1 unspecified atom stereocenters. The van der Waals surface area contributed by atoms with Gasteiger partial charge in [0, 0.05) is 41.4 Å². The number of anilines is 1. The zero-order valence-corrected chi connectivity index (χ0v) is 14.0. The van der Waals surface area contributed by atoms with Gasteiger partial charge in [0.15, 0.2) is 0 Å². The summed E-state index contributed by atoms with van der Waals surface area (Å²) in [5, 5.41) is 3.51. The van der Waals surface area contributed by atoms with Crippen LogP contribution < -0.4 is 11.1 Å². The molecule has 0 bridgehead atoms. The van der Waals surface area contributed by atoms with E-state index in [0.717, 1.165) is 48.6 Å². The van der Waals surface area contributed by atoms with E-state index in [0.29, 0.717) is 11.0 Å². The van der Waals surface area contributed by atoms with E-state index in [1.807, 2.05) is 18.2 Å². The first-order valence-corrected chi connectivity index (χ1v) is 7.92. The molecule has 0 radical (unpaired) electrons. The van der Waals surface area contributed by atoms with Crippen molar-refractivity contribution in [3.63, 3.8) is 0 Å². The van der Waals surface area contributed by atoms with E-state index < -0.39 is 0 Å². The molecule has 0 saturated carbocycles. The van der Waals surface area contributed by atoms with Gasteiger partial charge in [-0.2, -0.15) is 0 Å². The van der Waals surface area contributed by atoms with Crippen molar-refractivity contribution in [2.75, 3.05) is 38.2 Å². The van der Waals surface area contributed by atoms with Crippen molar-refractivity contribution in [3.05, 3.63) is 28.2 Å². The summed E-state index contributed by atoms with van der Waals surface area (Å²) in [5.41, 5.74) is 7.56. The van der Waals surface area contributed by atoms with Gasteiger partial charge in [0.1, 0.15) is 4.99 Å². The van der Waals surface area contributed by atoms with E-state index in [4.69, 9.17) is 22.7 Å². The highest BCUT2D eigenvalue weighted by Crippen LogP contribution is 2.24.